The van der Waals surface area contributed by atoms with Crippen LogP contribution < -0.4 is 10.2 Å². The van der Waals surface area contributed by atoms with Crippen LogP contribution in [0.1, 0.15) is 61.6 Å². The first kappa shape index (κ1) is 21.4. The Bertz CT molecular complexity index is 1180. The normalized spacial score (nSPS) is 23.8. The van der Waals surface area contributed by atoms with E-state index in [1.807, 2.05) is 12.4 Å². The summed E-state index contributed by atoms with van der Waals surface area (Å²) in [5.41, 5.74) is 3.75. The number of ether oxygens (including phenoxy) is 1. The van der Waals surface area contributed by atoms with E-state index in [4.69, 9.17) is 14.1 Å². The summed E-state index contributed by atoms with van der Waals surface area (Å²) in [6.07, 6.45) is 13.5. The monoisotopic (exact) mass is 472 g/mol. The molecule has 3 aromatic rings. The van der Waals surface area contributed by atoms with E-state index in [1.54, 1.807) is 6.20 Å². The van der Waals surface area contributed by atoms with Crippen LogP contribution in [0.3, 0.4) is 0 Å². The van der Waals surface area contributed by atoms with Crippen LogP contribution in [-0.4, -0.2) is 59.1 Å². The molecule has 7 rings (SSSR count). The quantitative estimate of drug-likeness (QED) is 0.531. The summed E-state index contributed by atoms with van der Waals surface area (Å²) in [5.74, 6) is 2.62. The van der Waals surface area contributed by atoms with Gasteiger partial charge < -0.3 is 19.4 Å². The number of rotatable bonds is 8. The van der Waals surface area contributed by atoms with Crippen LogP contribution >= 0.6 is 0 Å². The van der Waals surface area contributed by atoms with E-state index in [0.29, 0.717) is 37.0 Å². The zero-order valence-electron chi connectivity index (χ0n) is 20.0. The molecule has 0 aromatic carbocycles. The minimum absolute atomic E-state index is 0.485. The van der Waals surface area contributed by atoms with Crippen molar-refractivity contribution in [2.24, 2.45) is 5.92 Å². The van der Waals surface area contributed by atoms with Crippen LogP contribution in [0.25, 0.3) is 11.5 Å². The van der Waals surface area contributed by atoms with Crippen LogP contribution in [0, 0.1) is 5.92 Å². The smallest absolute Gasteiger partial charge is 0.249 e. The van der Waals surface area contributed by atoms with Gasteiger partial charge in [-0.2, -0.15) is 0 Å². The van der Waals surface area contributed by atoms with Crippen molar-refractivity contribution in [3.63, 3.8) is 0 Å². The number of hydrogen-bond acceptors (Lipinski definition) is 8. The molecule has 0 spiro atoms. The number of nitrogens with one attached hydrogen (secondary N) is 1. The largest absolute Gasteiger partial charge is 0.419 e. The zero-order valence-corrected chi connectivity index (χ0v) is 20.0. The lowest BCUT2D eigenvalue weighted by molar-refractivity contribution is -0.0520. The first-order valence-electron chi connectivity index (χ1n) is 13.1. The maximum atomic E-state index is 6.20. The molecule has 0 amide bonds. The predicted molar refractivity (Wildman–Crippen MR) is 131 cm³/mol. The molecule has 2 aliphatic heterocycles. The lowest BCUT2D eigenvalue weighted by atomic mass is 9.82. The number of nitrogens with zero attached hydrogens (tertiary/aromatic N) is 5. The molecular formula is C27H32N6O2. The number of hydrogen-bond donors (Lipinski definition) is 1. The van der Waals surface area contributed by atoms with Crippen molar-refractivity contribution in [2.75, 3.05) is 37.7 Å². The van der Waals surface area contributed by atoms with Gasteiger partial charge in [-0.05, 0) is 80.7 Å². The maximum Gasteiger partial charge on any atom is 0.249 e. The molecule has 0 unspecified atom stereocenters. The van der Waals surface area contributed by atoms with Crippen LogP contribution in [0.4, 0.5) is 5.69 Å². The fraction of sp³-hybridized carbons (Fsp3) is 0.556. The molecule has 2 saturated carbocycles. The summed E-state index contributed by atoms with van der Waals surface area (Å²) in [5, 5.41) is 12.6. The minimum Gasteiger partial charge on any atom is -0.419 e. The average molecular weight is 473 g/mol. The third-order valence-electron chi connectivity index (χ3n) is 8.00. The molecule has 4 aliphatic rings. The van der Waals surface area contributed by atoms with Crippen LogP contribution in [0.15, 0.2) is 41.2 Å². The first-order chi connectivity index (χ1) is 17.3. The second-order valence-corrected chi connectivity index (χ2v) is 10.8. The van der Waals surface area contributed by atoms with Crippen molar-refractivity contribution >= 4 is 5.69 Å². The Kier molecular flexibility index (Phi) is 5.31. The molecule has 182 valence electrons. The van der Waals surface area contributed by atoms with Gasteiger partial charge in [0.15, 0.2) is 0 Å². The Balaban J connectivity index is 1.08. The lowest BCUT2D eigenvalue weighted by Gasteiger charge is -2.38. The van der Waals surface area contributed by atoms with E-state index in [-0.39, 0.29) is 0 Å². The van der Waals surface area contributed by atoms with E-state index >= 15 is 0 Å². The third kappa shape index (κ3) is 4.23. The topological polar surface area (TPSA) is 89.2 Å². The van der Waals surface area contributed by atoms with Crippen molar-refractivity contribution in [1.29, 1.82) is 0 Å². The average Bonchev–Trinajstić information content (AvgIpc) is 3.82. The highest BCUT2D eigenvalue weighted by atomic mass is 16.5. The fourth-order valence-corrected chi connectivity index (χ4v) is 5.32. The van der Waals surface area contributed by atoms with Crippen LogP contribution in [0.5, 0.6) is 0 Å². The van der Waals surface area contributed by atoms with Crippen molar-refractivity contribution in [3.05, 3.63) is 53.9 Å². The third-order valence-corrected chi connectivity index (χ3v) is 8.00. The fourth-order valence-electron chi connectivity index (χ4n) is 5.32. The second kappa shape index (κ2) is 8.68. The molecule has 8 nitrogen and oxygen atoms in total. The molecular weight excluding hydrogens is 440 g/mol. The molecule has 35 heavy (non-hydrogen) atoms. The van der Waals surface area contributed by atoms with Gasteiger partial charge >= 0.3 is 0 Å². The van der Waals surface area contributed by atoms with E-state index in [0.717, 1.165) is 30.3 Å². The Labute approximate surface area is 205 Å². The van der Waals surface area contributed by atoms with E-state index in [2.05, 4.69) is 43.6 Å². The lowest BCUT2D eigenvalue weighted by Crippen LogP contribution is -2.49. The summed E-state index contributed by atoms with van der Waals surface area (Å²) < 4.78 is 11.8. The van der Waals surface area contributed by atoms with Crippen molar-refractivity contribution < 1.29 is 9.15 Å². The van der Waals surface area contributed by atoms with Gasteiger partial charge in [0, 0.05) is 31.5 Å². The Hall–Kier alpha value is -2.84. The van der Waals surface area contributed by atoms with Gasteiger partial charge in [0.05, 0.1) is 36.4 Å². The molecule has 4 fully saturated rings. The summed E-state index contributed by atoms with van der Waals surface area (Å²) in [4.78, 5) is 11.7. The number of aromatic nitrogens is 4. The Morgan fingerprint density at radius 1 is 1.03 bits per heavy atom. The predicted octanol–water partition coefficient (Wildman–Crippen LogP) is 3.69. The molecule has 2 aliphatic carbocycles. The summed E-state index contributed by atoms with van der Waals surface area (Å²) in [6, 6.07) is 6.99. The molecule has 5 heterocycles. The summed E-state index contributed by atoms with van der Waals surface area (Å²) >= 11 is 0. The van der Waals surface area contributed by atoms with Gasteiger partial charge in [0.2, 0.25) is 11.8 Å². The second-order valence-electron chi connectivity index (χ2n) is 10.8. The highest BCUT2D eigenvalue weighted by molar-refractivity contribution is 5.53. The molecule has 1 atom stereocenters. The highest BCUT2D eigenvalue weighted by Gasteiger charge is 2.48. The molecule has 3 aromatic heterocycles. The summed E-state index contributed by atoms with van der Waals surface area (Å²) in [7, 11) is 0. The summed E-state index contributed by atoms with van der Waals surface area (Å²) in [6.45, 7) is 4.29. The SMILES string of the molecule is c1ncc(C2CC2)cc1-c1nnc(C2(c3ccc(N4CCC[C@@H](NCC5CC5)C4)cn3)COC2)o1. The minimum atomic E-state index is -0.485. The van der Waals surface area contributed by atoms with Crippen molar-refractivity contribution in [1.82, 2.24) is 25.5 Å². The number of pyridine rings is 2. The maximum absolute atomic E-state index is 6.20. The molecule has 1 N–H and O–H groups in total. The first-order valence-corrected chi connectivity index (χ1v) is 13.1. The van der Waals surface area contributed by atoms with Gasteiger partial charge in [-0.25, -0.2) is 0 Å². The van der Waals surface area contributed by atoms with Crippen LogP contribution in [-0.2, 0) is 10.2 Å². The van der Waals surface area contributed by atoms with E-state index in [1.165, 1.54) is 56.3 Å². The molecule has 2 saturated heterocycles. The Morgan fingerprint density at radius 3 is 2.69 bits per heavy atom. The van der Waals surface area contributed by atoms with Gasteiger partial charge in [0.25, 0.3) is 0 Å². The number of piperidine rings is 1. The highest BCUT2D eigenvalue weighted by Crippen LogP contribution is 2.42. The van der Waals surface area contributed by atoms with Gasteiger partial charge in [0.1, 0.15) is 5.41 Å². The Morgan fingerprint density at radius 2 is 1.94 bits per heavy atom. The molecule has 0 radical (unpaired) electrons. The number of anilines is 1. The van der Waals surface area contributed by atoms with Gasteiger partial charge in [-0.3, -0.25) is 9.97 Å². The van der Waals surface area contributed by atoms with Crippen molar-refractivity contribution in [2.45, 2.75) is 55.9 Å². The zero-order chi connectivity index (χ0) is 23.2. The van der Waals surface area contributed by atoms with Crippen LogP contribution in [0.2, 0.25) is 0 Å². The van der Waals surface area contributed by atoms with Crippen molar-refractivity contribution in [3.8, 4) is 11.5 Å². The van der Waals surface area contributed by atoms with E-state index < -0.39 is 5.41 Å². The molecule has 0 bridgehead atoms. The van der Waals surface area contributed by atoms with Gasteiger partial charge in [-0.1, -0.05) is 0 Å². The van der Waals surface area contributed by atoms with Gasteiger partial charge in [-0.15, -0.1) is 10.2 Å². The van der Waals surface area contributed by atoms with E-state index in [9.17, 15) is 0 Å². The standard InChI is InChI=1S/C27H32N6O2/c1-2-22(29-11-18-3-4-18)15-33(9-1)23-7-8-24(30-14-23)27(16-34-17-27)26-32-31-25(35-26)21-10-20(12-28-13-21)19-5-6-19/h7-8,10,12-14,18-19,22,29H,1-6,9,11,15-17H2/t22-/m1/s1. The molecule has 8 heteroatoms.